The van der Waals surface area contributed by atoms with Crippen LogP contribution < -0.4 is 5.32 Å². The second-order valence-electron chi connectivity index (χ2n) is 4.94. The molecule has 0 atom stereocenters. The summed E-state index contributed by atoms with van der Waals surface area (Å²) in [6, 6.07) is 5.48. The van der Waals surface area contributed by atoms with Gasteiger partial charge in [-0.25, -0.2) is 4.39 Å². The molecule has 0 bridgehead atoms. The van der Waals surface area contributed by atoms with E-state index in [0.29, 0.717) is 0 Å². The number of rotatable bonds is 2. The fraction of sp³-hybridized carbons (Fsp3) is 0.571. The predicted molar refractivity (Wildman–Crippen MR) is 65.2 cm³/mol. The van der Waals surface area contributed by atoms with E-state index in [0.717, 1.165) is 37.9 Å². The fourth-order valence-corrected chi connectivity index (χ4v) is 2.77. The van der Waals surface area contributed by atoms with Gasteiger partial charge in [-0.2, -0.15) is 0 Å². The molecule has 1 aliphatic heterocycles. The van der Waals surface area contributed by atoms with Crippen LogP contribution in [0.5, 0.6) is 0 Å². The van der Waals surface area contributed by atoms with Crippen molar-refractivity contribution in [2.24, 2.45) is 0 Å². The molecular formula is C14H20FN. The molecule has 16 heavy (non-hydrogen) atoms. The molecule has 0 radical (unpaired) electrons. The highest BCUT2D eigenvalue weighted by Gasteiger charge is 2.32. The van der Waals surface area contributed by atoms with Crippen LogP contribution in [0.15, 0.2) is 18.2 Å². The normalized spacial score (nSPS) is 19.7. The van der Waals surface area contributed by atoms with Crippen LogP contribution in [-0.4, -0.2) is 13.1 Å². The lowest BCUT2D eigenvalue weighted by atomic mass is 9.72. The third kappa shape index (κ3) is 1.99. The van der Waals surface area contributed by atoms with Gasteiger partial charge in [-0.1, -0.05) is 26.0 Å². The Morgan fingerprint density at radius 2 is 2.00 bits per heavy atom. The first-order valence-corrected chi connectivity index (χ1v) is 6.16. The Morgan fingerprint density at radius 3 is 2.62 bits per heavy atom. The van der Waals surface area contributed by atoms with Gasteiger partial charge < -0.3 is 5.32 Å². The first kappa shape index (κ1) is 11.6. The van der Waals surface area contributed by atoms with Crippen LogP contribution in [0.1, 0.15) is 37.8 Å². The summed E-state index contributed by atoms with van der Waals surface area (Å²) in [6.45, 7) is 6.29. The molecule has 1 aromatic carbocycles. The molecule has 0 aromatic heterocycles. The molecule has 1 N–H and O–H groups in total. The Labute approximate surface area is 97.1 Å². The lowest BCUT2D eigenvalue weighted by Crippen LogP contribution is -2.38. The highest BCUT2D eigenvalue weighted by molar-refractivity contribution is 5.35. The van der Waals surface area contributed by atoms with Crippen LogP contribution in [0.4, 0.5) is 4.39 Å². The zero-order valence-electron chi connectivity index (χ0n) is 10.1. The molecule has 0 saturated carbocycles. The molecule has 1 heterocycles. The molecule has 1 aliphatic rings. The average molecular weight is 221 g/mol. The molecule has 88 valence electrons. The number of hydrogen-bond acceptors (Lipinski definition) is 1. The van der Waals surface area contributed by atoms with Gasteiger partial charge in [-0.15, -0.1) is 0 Å². The molecule has 0 amide bonds. The van der Waals surface area contributed by atoms with Crippen molar-refractivity contribution in [1.29, 1.82) is 0 Å². The monoisotopic (exact) mass is 221 g/mol. The largest absolute Gasteiger partial charge is 0.317 e. The van der Waals surface area contributed by atoms with E-state index in [1.807, 2.05) is 6.07 Å². The molecule has 2 heteroatoms. The van der Waals surface area contributed by atoms with Crippen molar-refractivity contribution in [1.82, 2.24) is 5.32 Å². The van der Waals surface area contributed by atoms with Crippen molar-refractivity contribution >= 4 is 0 Å². The quantitative estimate of drug-likeness (QED) is 0.809. The van der Waals surface area contributed by atoms with Crippen molar-refractivity contribution < 1.29 is 4.39 Å². The van der Waals surface area contributed by atoms with E-state index in [1.165, 1.54) is 5.56 Å². The number of aryl methyl sites for hydroxylation is 1. The van der Waals surface area contributed by atoms with Crippen molar-refractivity contribution in [2.45, 2.75) is 38.5 Å². The summed E-state index contributed by atoms with van der Waals surface area (Å²) < 4.78 is 14.0. The smallest absolute Gasteiger partial charge is 0.127 e. The summed E-state index contributed by atoms with van der Waals surface area (Å²) in [5, 5.41) is 3.34. The summed E-state index contributed by atoms with van der Waals surface area (Å²) in [5.74, 6) is -0.0243. The number of nitrogens with one attached hydrogen (secondary N) is 1. The topological polar surface area (TPSA) is 12.0 Å². The zero-order chi connectivity index (χ0) is 11.6. The molecular weight excluding hydrogens is 201 g/mol. The van der Waals surface area contributed by atoms with Crippen LogP contribution in [-0.2, 0) is 11.8 Å². The zero-order valence-corrected chi connectivity index (χ0v) is 10.1. The number of halogens is 1. The standard InChI is InChI=1S/C14H20FN/c1-3-11-5-4-6-12(15)13(11)14(2)7-9-16-10-8-14/h4-6,16H,3,7-10H2,1-2H3. The molecule has 0 spiro atoms. The minimum atomic E-state index is -0.0243. The van der Waals surface area contributed by atoms with E-state index in [2.05, 4.69) is 25.2 Å². The molecule has 0 aliphatic carbocycles. The predicted octanol–water partition coefficient (Wildman–Crippen LogP) is 3.03. The lowest BCUT2D eigenvalue weighted by Gasteiger charge is -2.36. The Kier molecular flexibility index (Phi) is 3.29. The Hall–Kier alpha value is -0.890. The van der Waals surface area contributed by atoms with E-state index in [1.54, 1.807) is 6.07 Å². The average Bonchev–Trinajstić information content (AvgIpc) is 2.29. The summed E-state index contributed by atoms with van der Waals surface area (Å²) in [7, 11) is 0. The van der Waals surface area contributed by atoms with Gasteiger partial charge in [0.1, 0.15) is 5.82 Å². The maximum Gasteiger partial charge on any atom is 0.127 e. The summed E-state index contributed by atoms with van der Waals surface area (Å²) >= 11 is 0. The Bertz CT molecular complexity index is 367. The van der Waals surface area contributed by atoms with Crippen LogP contribution in [0.25, 0.3) is 0 Å². The molecule has 1 saturated heterocycles. The number of benzene rings is 1. The third-order valence-corrected chi connectivity index (χ3v) is 3.79. The van der Waals surface area contributed by atoms with Gasteiger partial charge in [-0.05, 0) is 55.0 Å². The SMILES string of the molecule is CCc1cccc(F)c1C1(C)CCNCC1. The summed E-state index contributed by atoms with van der Waals surface area (Å²) in [6.07, 6.45) is 2.97. The second-order valence-corrected chi connectivity index (χ2v) is 4.94. The highest BCUT2D eigenvalue weighted by atomic mass is 19.1. The van der Waals surface area contributed by atoms with E-state index >= 15 is 0 Å². The van der Waals surface area contributed by atoms with Crippen LogP contribution in [0.2, 0.25) is 0 Å². The Morgan fingerprint density at radius 1 is 1.31 bits per heavy atom. The van der Waals surface area contributed by atoms with Gasteiger partial charge in [0.05, 0.1) is 0 Å². The van der Waals surface area contributed by atoms with E-state index in [9.17, 15) is 4.39 Å². The maximum atomic E-state index is 14.0. The van der Waals surface area contributed by atoms with Gasteiger partial charge >= 0.3 is 0 Å². The van der Waals surface area contributed by atoms with Crippen molar-refractivity contribution in [3.63, 3.8) is 0 Å². The van der Waals surface area contributed by atoms with Gasteiger partial charge in [0, 0.05) is 0 Å². The van der Waals surface area contributed by atoms with Gasteiger partial charge in [0.15, 0.2) is 0 Å². The maximum absolute atomic E-state index is 14.0. The van der Waals surface area contributed by atoms with Crippen molar-refractivity contribution in [2.75, 3.05) is 13.1 Å². The van der Waals surface area contributed by atoms with E-state index in [-0.39, 0.29) is 11.2 Å². The minimum Gasteiger partial charge on any atom is -0.317 e. The first-order valence-electron chi connectivity index (χ1n) is 6.16. The van der Waals surface area contributed by atoms with E-state index in [4.69, 9.17) is 0 Å². The van der Waals surface area contributed by atoms with E-state index < -0.39 is 0 Å². The van der Waals surface area contributed by atoms with Gasteiger partial charge in [0.25, 0.3) is 0 Å². The van der Waals surface area contributed by atoms with Crippen molar-refractivity contribution in [3.8, 4) is 0 Å². The van der Waals surface area contributed by atoms with Gasteiger partial charge in [0.2, 0.25) is 0 Å². The summed E-state index contributed by atoms with van der Waals surface area (Å²) in [5.41, 5.74) is 2.14. The number of piperidine rings is 1. The molecule has 1 aromatic rings. The third-order valence-electron chi connectivity index (χ3n) is 3.79. The lowest BCUT2D eigenvalue weighted by molar-refractivity contribution is 0.322. The van der Waals surface area contributed by atoms with Gasteiger partial charge in [-0.3, -0.25) is 0 Å². The molecule has 0 unspecified atom stereocenters. The van der Waals surface area contributed by atoms with Crippen molar-refractivity contribution in [3.05, 3.63) is 35.1 Å². The van der Waals surface area contributed by atoms with Crippen LogP contribution in [0.3, 0.4) is 0 Å². The summed E-state index contributed by atoms with van der Waals surface area (Å²) in [4.78, 5) is 0. The molecule has 1 nitrogen and oxygen atoms in total. The van der Waals surface area contributed by atoms with Crippen LogP contribution >= 0.6 is 0 Å². The second kappa shape index (κ2) is 4.54. The fourth-order valence-electron chi connectivity index (χ4n) is 2.77. The number of hydrogen-bond donors (Lipinski definition) is 1. The Balaban J connectivity index is 2.44. The highest BCUT2D eigenvalue weighted by Crippen LogP contribution is 2.36. The molecule has 1 fully saturated rings. The van der Waals surface area contributed by atoms with Crippen LogP contribution in [0, 0.1) is 5.82 Å². The minimum absolute atomic E-state index is 0.0158. The first-order chi connectivity index (χ1) is 7.67. The molecule has 2 rings (SSSR count).